The summed E-state index contributed by atoms with van der Waals surface area (Å²) in [5.41, 5.74) is 1.34. The van der Waals surface area contributed by atoms with Gasteiger partial charge in [0.15, 0.2) is 22.5 Å². The Morgan fingerprint density at radius 1 is 1.06 bits per heavy atom. The number of carbonyl (C=O) groups excluding carboxylic acids is 1. The predicted octanol–water partition coefficient (Wildman–Crippen LogP) is 3.85. The summed E-state index contributed by atoms with van der Waals surface area (Å²) < 4.78 is 35.8. The molecule has 3 aromatic rings. The molecule has 10 nitrogen and oxygen atoms in total. The minimum absolute atomic E-state index is 0.0156. The number of nitrogens with one attached hydrogen (secondary N) is 1. The number of thioether (sulfide) groups is 1. The van der Waals surface area contributed by atoms with E-state index in [1.54, 1.807) is 14.2 Å². The number of hydrogen-bond acceptors (Lipinski definition) is 8. The van der Waals surface area contributed by atoms with Gasteiger partial charge in [-0.15, -0.1) is 10.2 Å². The van der Waals surface area contributed by atoms with Crippen molar-refractivity contribution in [3.63, 3.8) is 0 Å². The molecular weight excluding hydrogens is 502 g/mol. The third kappa shape index (κ3) is 6.00. The largest absolute Gasteiger partial charge is 0.493 e. The summed E-state index contributed by atoms with van der Waals surface area (Å²) in [6, 6.07) is 11.6. The van der Waals surface area contributed by atoms with Crippen molar-refractivity contribution >= 4 is 33.4 Å². The first-order chi connectivity index (χ1) is 17.3. The highest BCUT2D eigenvalue weighted by atomic mass is 32.2. The van der Waals surface area contributed by atoms with Crippen molar-refractivity contribution in [2.24, 2.45) is 5.14 Å². The van der Waals surface area contributed by atoms with Crippen LogP contribution in [0.2, 0.25) is 0 Å². The van der Waals surface area contributed by atoms with Gasteiger partial charge >= 0.3 is 0 Å². The molecule has 1 aromatic heterocycles. The fourth-order valence-corrected chi connectivity index (χ4v) is 5.59. The molecule has 1 amide bonds. The number of primary sulfonamides is 1. The van der Waals surface area contributed by atoms with Gasteiger partial charge in [0.05, 0.1) is 24.9 Å². The Balaban J connectivity index is 1.53. The van der Waals surface area contributed by atoms with E-state index >= 15 is 0 Å². The number of carbonyl (C=O) groups is 1. The number of benzene rings is 2. The van der Waals surface area contributed by atoms with E-state index in [-0.39, 0.29) is 22.6 Å². The quantitative estimate of drug-likeness (QED) is 0.397. The fourth-order valence-electron chi connectivity index (χ4n) is 4.27. The van der Waals surface area contributed by atoms with Gasteiger partial charge in [-0.25, -0.2) is 13.6 Å². The van der Waals surface area contributed by atoms with E-state index in [1.165, 1.54) is 42.4 Å². The summed E-state index contributed by atoms with van der Waals surface area (Å²) in [6.07, 6.45) is 5.52. The van der Waals surface area contributed by atoms with Gasteiger partial charge in [0.25, 0.3) is 0 Å². The molecule has 1 aliphatic rings. The molecule has 0 aliphatic heterocycles. The van der Waals surface area contributed by atoms with Gasteiger partial charge in [0, 0.05) is 17.3 Å². The van der Waals surface area contributed by atoms with Crippen molar-refractivity contribution in [1.82, 2.24) is 14.8 Å². The number of rotatable bonds is 9. The fraction of sp³-hybridized carbons (Fsp3) is 0.375. The number of anilines is 1. The molecule has 0 atom stereocenters. The molecule has 0 bridgehead atoms. The topological polar surface area (TPSA) is 138 Å². The summed E-state index contributed by atoms with van der Waals surface area (Å²) in [5.74, 6) is 1.84. The van der Waals surface area contributed by atoms with E-state index in [4.69, 9.17) is 14.6 Å². The monoisotopic (exact) mass is 531 g/mol. The average molecular weight is 532 g/mol. The zero-order valence-electron chi connectivity index (χ0n) is 20.1. The molecule has 2 aromatic carbocycles. The molecule has 192 valence electrons. The van der Waals surface area contributed by atoms with E-state index in [0.717, 1.165) is 37.1 Å². The van der Waals surface area contributed by atoms with Gasteiger partial charge in [-0.05, 0) is 55.3 Å². The molecule has 0 radical (unpaired) electrons. The molecule has 1 heterocycles. The first kappa shape index (κ1) is 26.0. The highest BCUT2D eigenvalue weighted by Gasteiger charge is 2.25. The van der Waals surface area contributed by atoms with Crippen LogP contribution < -0.4 is 19.9 Å². The number of nitrogens with zero attached hydrogens (tertiary/aromatic N) is 3. The minimum Gasteiger partial charge on any atom is -0.493 e. The molecule has 1 aliphatic carbocycles. The standard InChI is InChI=1S/C24H29N5O5S2/c1-33-20-13-8-16(14-21(20)34-2)23-27-28-24(29(23)18-6-4-3-5-7-18)35-15-22(30)26-17-9-11-19(12-10-17)36(25,31)32/h8-14,18H,3-7,15H2,1-2H3,(H,26,30)(H2,25,31,32). The molecule has 12 heteroatoms. The van der Waals surface area contributed by atoms with Gasteiger partial charge in [-0.3, -0.25) is 9.36 Å². The summed E-state index contributed by atoms with van der Waals surface area (Å²) in [6.45, 7) is 0. The molecule has 3 N–H and O–H groups in total. The molecule has 0 saturated heterocycles. The van der Waals surface area contributed by atoms with Crippen LogP contribution in [0.5, 0.6) is 11.5 Å². The van der Waals surface area contributed by atoms with Crippen molar-refractivity contribution in [3.05, 3.63) is 42.5 Å². The summed E-state index contributed by atoms with van der Waals surface area (Å²) >= 11 is 1.31. The Bertz CT molecular complexity index is 1320. The van der Waals surface area contributed by atoms with Crippen LogP contribution in [0.1, 0.15) is 38.1 Å². The van der Waals surface area contributed by atoms with Crippen LogP contribution in [0.4, 0.5) is 5.69 Å². The van der Waals surface area contributed by atoms with Gasteiger partial charge < -0.3 is 14.8 Å². The lowest BCUT2D eigenvalue weighted by molar-refractivity contribution is -0.113. The van der Waals surface area contributed by atoms with Crippen molar-refractivity contribution < 1.29 is 22.7 Å². The van der Waals surface area contributed by atoms with Crippen molar-refractivity contribution in [1.29, 1.82) is 0 Å². The predicted molar refractivity (Wildman–Crippen MR) is 138 cm³/mol. The Labute approximate surface area is 214 Å². The molecular formula is C24H29N5O5S2. The van der Waals surface area contributed by atoms with Gasteiger partial charge in [-0.2, -0.15) is 0 Å². The van der Waals surface area contributed by atoms with E-state index in [1.807, 2.05) is 18.2 Å². The SMILES string of the molecule is COc1ccc(-c2nnc(SCC(=O)Nc3ccc(S(N)(=O)=O)cc3)n2C2CCCCC2)cc1OC. The third-order valence-electron chi connectivity index (χ3n) is 6.05. The number of ether oxygens (including phenoxy) is 2. The van der Waals surface area contributed by atoms with Crippen LogP contribution in [0.3, 0.4) is 0 Å². The molecule has 1 saturated carbocycles. The third-order valence-corrected chi connectivity index (χ3v) is 7.92. The van der Waals surface area contributed by atoms with Crippen molar-refractivity contribution in [2.45, 2.75) is 48.2 Å². The van der Waals surface area contributed by atoms with E-state index in [2.05, 4.69) is 20.1 Å². The molecule has 36 heavy (non-hydrogen) atoms. The lowest BCUT2D eigenvalue weighted by Gasteiger charge is -2.25. The normalized spacial score (nSPS) is 14.4. The van der Waals surface area contributed by atoms with Crippen LogP contribution in [-0.2, 0) is 14.8 Å². The summed E-state index contributed by atoms with van der Waals surface area (Å²) in [4.78, 5) is 12.6. The van der Waals surface area contributed by atoms with Crippen LogP contribution >= 0.6 is 11.8 Å². The van der Waals surface area contributed by atoms with Crippen LogP contribution in [0.25, 0.3) is 11.4 Å². The lowest BCUT2D eigenvalue weighted by Crippen LogP contribution is -2.17. The smallest absolute Gasteiger partial charge is 0.238 e. The number of amides is 1. The Hall–Kier alpha value is -3.09. The second kappa shape index (κ2) is 11.3. The highest BCUT2D eigenvalue weighted by molar-refractivity contribution is 7.99. The lowest BCUT2D eigenvalue weighted by atomic mass is 9.95. The van der Waals surface area contributed by atoms with Crippen molar-refractivity contribution in [3.8, 4) is 22.9 Å². The molecule has 0 spiro atoms. The second-order valence-electron chi connectivity index (χ2n) is 8.44. The molecule has 0 unspecified atom stereocenters. The highest BCUT2D eigenvalue weighted by Crippen LogP contribution is 2.38. The molecule has 1 fully saturated rings. The number of nitrogens with two attached hydrogens (primary N) is 1. The Morgan fingerprint density at radius 2 is 1.75 bits per heavy atom. The number of sulfonamides is 1. The zero-order chi connectivity index (χ0) is 25.7. The van der Waals surface area contributed by atoms with Gasteiger partial charge in [0.1, 0.15) is 0 Å². The first-order valence-corrected chi connectivity index (χ1v) is 14.1. The minimum atomic E-state index is -3.79. The maximum absolute atomic E-state index is 12.6. The van der Waals surface area contributed by atoms with Gasteiger partial charge in [0.2, 0.25) is 15.9 Å². The van der Waals surface area contributed by atoms with Crippen LogP contribution in [0, 0.1) is 0 Å². The summed E-state index contributed by atoms with van der Waals surface area (Å²) in [5, 5.41) is 17.5. The van der Waals surface area contributed by atoms with Crippen LogP contribution in [-0.4, -0.2) is 49.1 Å². The molecule has 4 rings (SSSR count). The Morgan fingerprint density at radius 3 is 2.39 bits per heavy atom. The number of aromatic nitrogens is 3. The second-order valence-corrected chi connectivity index (χ2v) is 10.9. The summed E-state index contributed by atoms with van der Waals surface area (Å²) in [7, 11) is -0.602. The van der Waals surface area contributed by atoms with E-state index < -0.39 is 10.0 Å². The van der Waals surface area contributed by atoms with Crippen molar-refractivity contribution in [2.75, 3.05) is 25.3 Å². The Kier molecular flexibility index (Phi) is 8.17. The van der Waals surface area contributed by atoms with E-state index in [0.29, 0.717) is 22.3 Å². The zero-order valence-corrected chi connectivity index (χ0v) is 21.8. The van der Waals surface area contributed by atoms with Crippen LogP contribution in [0.15, 0.2) is 52.5 Å². The maximum Gasteiger partial charge on any atom is 0.238 e. The average Bonchev–Trinajstić information content (AvgIpc) is 3.31. The first-order valence-electron chi connectivity index (χ1n) is 11.5. The maximum atomic E-state index is 12.6. The van der Waals surface area contributed by atoms with E-state index in [9.17, 15) is 13.2 Å². The number of hydrogen-bond donors (Lipinski definition) is 2. The number of methoxy groups -OCH3 is 2. The van der Waals surface area contributed by atoms with Gasteiger partial charge in [-0.1, -0.05) is 31.0 Å².